The quantitative estimate of drug-likeness (QED) is 0.222. The van der Waals surface area contributed by atoms with Crippen molar-refractivity contribution in [3.05, 3.63) is 83.9 Å². The number of terminal acetylenes is 1. The van der Waals surface area contributed by atoms with Crippen LogP contribution >= 0.6 is 0 Å². The molecule has 0 unspecified atom stereocenters. The first-order valence-electron chi connectivity index (χ1n) is 13.4. The molecular weight excluding hydrogens is 771 g/mol. The summed E-state index contributed by atoms with van der Waals surface area (Å²) in [5.74, 6) is 51.1. The van der Waals surface area contributed by atoms with Gasteiger partial charge in [0.05, 0.1) is 11.3 Å². The number of allylic oxidation sites excluding steroid dienone is 5. The average molecular weight is 794 g/mol. The summed E-state index contributed by atoms with van der Waals surface area (Å²) < 4.78 is 2.00. The Bertz CT molecular complexity index is 2340. The van der Waals surface area contributed by atoms with Crippen molar-refractivity contribution in [2.24, 2.45) is 0 Å². The minimum Gasteiger partial charge on any atom is -0.693 e. The normalized spacial score (nSPS) is 10.6. The van der Waals surface area contributed by atoms with E-state index in [4.69, 9.17) is 6.42 Å². The molecule has 0 saturated heterocycles. The van der Waals surface area contributed by atoms with Gasteiger partial charge >= 0.3 is 0 Å². The Balaban J connectivity index is 0.00000736. The fraction of sp³-hybridized carbons (Fsp3) is 0.0930. The number of fused-ring (bicyclic) bond motifs is 3. The van der Waals surface area contributed by atoms with Gasteiger partial charge in [-0.15, -0.1) is 18.0 Å². The maximum absolute atomic E-state index is 4.97. The molecule has 0 spiro atoms. The summed E-state index contributed by atoms with van der Waals surface area (Å²) in [7, 11) is 1.74. The number of rotatable bonds is 4. The fourth-order valence-electron chi connectivity index (χ4n) is 4.11. The van der Waals surface area contributed by atoms with Crippen LogP contribution in [0, 0.1) is 175 Å². The number of hydrogen-bond acceptors (Lipinski definition) is 0. The molecule has 3 rings (SSSR count). The van der Waals surface area contributed by atoms with Crippen molar-refractivity contribution < 1.29 is 48.6 Å². The van der Waals surface area contributed by atoms with E-state index in [1.165, 1.54) is 16.3 Å². The van der Waals surface area contributed by atoms with E-state index in [0.717, 1.165) is 11.4 Å². The molecule has 1 radical (unpaired) electrons. The first kappa shape index (κ1) is 36.2. The SMILES string of the molecule is C#CC#CC#CC#CC#CC#CC#CC#CC#CC#CC#C[N+]1=C(/C=C/C=C/C=C/[N-]C)C(C)(C)c2c1ccc1ccccc21.[Ac]. The Labute approximate surface area is 309 Å². The molecule has 0 aliphatic carbocycles. The van der Waals surface area contributed by atoms with E-state index < -0.39 is 0 Å². The number of nitrogens with zero attached hydrogens (tertiary/aromatic N) is 2. The molecule has 2 nitrogen and oxygen atoms in total. The number of benzene rings is 2. The van der Waals surface area contributed by atoms with Crippen LogP contribution in [0.5, 0.6) is 0 Å². The summed E-state index contributed by atoms with van der Waals surface area (Å²) in [5.41, 5.74) is 3.03. The molecule has 3 heteroatoms. The molecule has 2 aromatic carbocycles. The largest absolute Gasteiger partial charge is 0.693 e. The molecule has 0 N–H and O–H groups in total. The van der Waals surface area contributed by atoms with Crippen LogP contribution in [-0.4, -0.2) is 17.3 Å². The van der Waals surface area contributed by atoms with Gasteiger partial charge in [0.1, 0.15) is 0 Å². The van der Waals surface area contributed by atoms with Gasteiger partial charge in [-0.2, -0.15) is 6.20 Å². The molecule has 0 fully saturated rings. The Morgan fingerprint density at radius 2 is 1.13 bits per heavy atom. The van der Waals surface area contributed by atoms with Gasteiger partial charge in [-0.3, -0.25) is 0 Å². The monoisotopic (exact) mass is 793 g/mol. The zero-order chi connectivity index (χ0) is 32.0. The van der Waals surface area contributed by atoms with E-state index in [-0.39, 0.29) is 49.5 Å². The van der Waals surface area contributed by atoms with Crippen molar-refractivity contribution >= 4 is 22.2 Å². The zero-order valence-corrected chi connectivity index (χ0v) is 30.2. The van der Waals surface area contributed by atoms with Crippen LogP contribution in [0.2, 0.25) is 0 Å². The topological polar surface area (TPSA) is 17.1 Å². The maximum Gasteiger partial charge on any atom is 0.243 e. The summed E-state index contributed by atoms with van der Waals surface area (Å²) >= 11 is 0. The molecule has 46 heavy (non-hydrogen) atoms. The molecule has 1 aliphatic heterocycles. The zero-order valence-electron chi connectivity index (χ0n) is 25.5. The van der Waals surface area contributed by atoms with Gasteiger partial charge in [0, 0.05) is 127 Å². The second kappa shape index (κ2) is 20.8. The van der Waals surface area contributed by atoms with Crippen LogP contribution in [0.25, 0.3) is 16.1 Å². The van der Waals surface area contributed by atoms with Crippen molar-refractivity contribution in [1.82, 2.24) is 0 Å². The van der Waals surface area contributed by atoms with Crippen LogP contribution in [0.4, 0.5) is 5.69 Å². The van der Waals surface area contributed by atoms with Gasteiger partial charge in [0.2, 0.25) is 17.4 Å². The van der Waals surface area contributed by atoms with E-state index >= 15 is 0 Å². The van der Waals surface area contributed by atoms with Gasteiger partial charge in [-0.05, 0) is 78.0 Å². The Morgan fingerprint density at radius 1 is 0.630 bits per heavy atom. The third kappa shape index (κ3) is 11.2. The average Bonchev–Trinajstić information content (AvgIpc) is 3.27. The smallest absolute Gasteiger partial charge is 0.243 e. The van der Waals surface area contributed by atoms with E-state index in [0.29, 0.717) is 0 Å². The predicted molar refractivity (Wildman–Crippen MR) is 185 cm³/mol. The second-order valence-electron chi connectivity index (χ2n) is 9.00. The van der Waals surface area contributed by atoms with Crippen LogP contribution in [0.1, 0.15) is 19.4 Å². The standard InChI is InChI=1S/C43H22N2.Ac/c1-5-6-7-8-9-10-11-12-13-14-15-16-17-18-19-20-21-22-25-30-37-45-40-35-34-38-31-27-28-32-39(38)42(40)43(2,3)41(45)33-26-23-24-29-36-44-4;/h1,23-24,26-29,31-36H,2-4H3;. The van der Waals surface area contributed by atoms with Crippen molar-refractivity contribution in [2.45, 2.75) is 19.3 Å². The van der Waals surface area contributed by atoms with Gasteiger partial charge < -0.3 is 5.32 Å². The van der Waals surface area contributed by atoms with E-state index in [2.05, 4.69) is 186 Å². The molecule has 0 amide bonds. The summed E-state index contributed by atoms with van der Waals surface area (Å²) in [4.78, 5) is 0. The van der Waals surface area contributed by atoms with Crippen LogP contribution in [-0.2, 0) is 5.41 Å². The van der Waals surface area contributed by atoms with E-state index in [9.17, 15) is 0 Å². The van der Waals surface area contributed by atoms with E-state index in [1.54, 1.807) is 13.2 Å². The molecule has 2 aromatic rings. The van der Waals surface area contributed by atoms with Crippen molar-refractivity contribution in [1.29, 1.82) is 0 Å². The van der Waals surface area contributed by atoms with Crippen molar-refractivity contribution in [3.8, 4) is 131 Å². The third-order valence-electron chi connectivity index (χ3n) is 5.84. The molecule has 207 valence electrons. The van der Waals surface area contributed by atoms with Gasteiger partial charge in [0.15, 0.2) is 0 Å². The Kier molecular flexibility index (Phi) is 16.4. The van der Waals surface area contributed by atoms with Gasteiger partial charge in [-0.1, -0.05) is 48.6 Å². The minimum absolute atomic E-state index is 0. The van der Waals surface area contributed by atoms with E-state index in [1.807, 2.05) is 28.9 Å². The predicted octanol–water partition coefficient (Wildman–Crippen LogP) is 5.47. The second-order valence-corrected chi connectivity index (χ2v) is 9.00. The Morgan fingerprint density at radius 3 is 1.67 bits per heavy atom. The molecule has 0 bridgehead atoms. The first-order valence-corrected chi connectivity index (χ1v) is 13.4. The third-order valence-corrected chi connectivity index (χ3v) is 5.84. The molecule has 1 aliphatic rings. The molecular formula is C43H22AcN2. The summed E-state index contributed by atoms with van der Waals surface area (Å²) in [6, 6.07) is 15.8. The maximum atomic E-state index is 4.97. The van der Waals surface area contributed by atoms with Crippen LogP contribution < -0.4 is 0 Å². The first-order chi connectivity index (χ1) is 22.1. The summed E-state index contributed by atoms with van der Waals surface area (Å²) in [5, 5.41) is 6.35. The number of hydrogen-bond donors (Lipinski definition) is 0. The molecule has 0 aromatic heterocycles. The molecule has 0 saturated carbocycles. The van der Waals surface area contributed by atoms with Crippen LogP contribution in [0.15, 0.2) is 73.0 Å². The fourth-order valence-corrected chi connectivity index (χ4v) is 4.11. The minimum atomic E-state index is -0.285. The molecule has 1 heterocycles. The van der Waals surface area contributed by atoms with Gasteiger partial charge in [-0.25, -0.2) is 0 Å². The summed E-state index contributed by atoms with van der Waals surface area (Å²) in [6.45, 7) is 4.43. The Hall–Kier alpha value is -6.01. The van der Waals surface area contributed by atoms with Crippen LogP contribution in [0.3, 0.4) is 0 Å². The van der Waals surface area contributed by atoms with Gasteiger partial charge in [0.25, 0.3) is 0 Å². The van der Waals surface area contributed by atoms with Crippen molar-refractivity contribution in [2.75, 3.05) is 7.05 Å². The summed E-state index contributed by atoms with van der Waals surface area (Å²) in [6.07, 6.45) is 16.6. The molecule has 0 atom stereocenters. The van der Waals surface area contributed by atoms with Crippen molar-refractivity contribution in [3.63, 3.8) is 0 Å².